The molecule has 0 bridgehead atoms. The lowest BCUT2D eigenvalue weighted by atomic mass is 9.85. The Kier molecular flexibility index (Phi) is 7.76. The topological polar surface area (TPSA) is 36.1 Å². The van der Waals surface area contributed by atoms with E-state index < -0.39 is 0 Å². The molecule has 0 fully saturated rings. The summed E-state index contributed by atoms with van der Waals surface area (Å²) in [5.74, 6) is 0. The van der Waals surface area contributed by atoms with Gasteiger partial charge in [0.1, 0.15) is 16.7 Å². The summed E-state index contributed by atoms with van der Waals surface area (Å²) in [6, 6.07) is 59.1. The van der Waals surface area contributed by atoms with Gasteiger partial charge >= 0.3 is 0 Å². The third-order valence-electron chi connectivity index (χ3n) is 11.8. The summed E-state index contributed by atoms with van der Waals surface area (Å²) in [4.78, 5) is 0. The Bertz CT molecular complexity index is 3580. The van der Waals surface area contributed by atoms with Crippen LogP contribution in [-0.4, -0.2) is 9.13 Å². The summed E-state index contributed by atoms with van der Waals surface area (Å²) in [5, 5.41) is 9.40. The predicted molar refractivity (Wildman–Crippen MR) is 250 cm³/mol. The van der Waals surface area contributed by atoms with Crippen molar-refractivity contribution in [2.45, 2.75) is 33.1 Å². The fourth-order valence-corrected chi connectivity index (χ4v) is 9.28. The first-order chi connectivity index (χ1) is 28.8. The van der Waals surface area contributed by atoms with Gasteiger partial charge in [-0.3, -0.25) is 0 Å². The van der Waals surface area contributed by atoms with Crippen molar-refractivity contribution in [1.29, 1.82) is 0 Å². The van der Waals surface area contributed by atoms with Crippen LogP contribution in [0.5, 0.6) is 0 Å². The van der Waals surface area contributed by atoms with Crippen LogP contribution in [0.15, 0.2) is 185 Å². The number of para-hydroxylation sites is 4. The quantitative estimate of drug-likeness (QED) is 0.168. The number of fused-ring (bicyclic) bond motifs is 12. The van der Waals surface area contributed by atoms with Gasteiger partial charge in [0.2, 0.25) is 0 Å². The highest BCUT2D eigenvalue weighted by Crippen LogP contribution is 2.44. The molecule has 0 saturated carbocycles. The SMILES string of the molecule is C=CC.CC(C)(C)c1ccc2c(oc3ccccc32)c1-n1c2ccccc2c2cc(-c3ccc4oc5ccc(-n6c7ccccc7c7ccccc76)cc5c4c3)ccc21. The molecule has 59 heavy (non-hydrogen) atoms. The minimum absolute atomic E-state index is 0.121. The standard InChI is InChI=1S/C52H36N2O2.C3H6/c1-52(2,3)42-24-23-38-37-15-7-11-19-47(37)56-51(38)50(42)54-45-18-10-6-14-36(45)39-28-31(20-25-46(39)54)32-21-26-48-40(29-32)41-30-33(22-27-49(41)55-48)53-43-16-8-4-12-34(43)35-13-5-9-17-44(35)53;1-3-2/h4-30H,1-3H3;3H,1H2,2H3. The van der Waals surface area contributed by atoms with Gasteiger partial charge < -0.3 is 18.0 Å². The van der Waals surface area contributed by atoms with Crippen molar-refractivity contribution in [2.75, 3.05) is 0 Å². The number of rotatable bonds is 3. The Labute approximate surface area is 341 Å². The van der Waals surface area contributed by atoms with Crippen LogP contribution in [0.1, 0.15) is 33.3 Å². The summed E-state index contributed by atoms with van der Waals surface area (Å²) >= 11 is 0. The first-order valence-corrected chi connectivity index (χ1v) is 20.3. The molecule has 8 aromatic carbocycles. The van der Waals surface area contributed by atoms with Crippen LogP contribution >= 0.6 is 0 Å². The average molecular weight is 763 g/mol. The van der Waals surface area contributed by atoms with E-state index >= 15 is 0 Å². The van der Waals surface area contributed by atoms with Crippen molar-refractivity contribution in [3.05, 3.63) is 182 Å². The second-order valence-electron chi connectivity index (χ2n) is 16.5. The van der Waals surface area contributed by atoms with Crippen LogP contribution in [-0.2, 0) is 5.41 Å². The van der Waals surface area contributed by atoms with E-state index in [1.165, 1.54) is 38.1 Å². The molecule has 0 aliphatic rings. The number of nitrogens with zero attached hydrogens (tertiary/aromatic N) is 2. The summed E-state index contributed by atoms with van der Waals surface area (Å²) < 4.78 is 18.0. The second-order valence-corrected chi connectivity index (χ2v) is 16.5. The van der Waals surface area contributed by atoms with Crippen molar-refractivity contribution in [1.82, 2.24) is 9.13 Å². The van der Waals surface area contributed by atoms with Crippen molar-refractivity contribution < 1.29 is 8.83 Å². The Morgan fingerprint density at radius 2 is 0.932 bits per heavy atom. The number of allylic oxidation sites excluding steroid dienone is 1. The molecule has 0 spiro atoms. The number of benzene rings is 8. The average Bonchev–Trinajstić information content (AvgIpc) is 4.00. The van der Waals surface area contributed by atoms with Gasteiger partial charge in [0.15, 0.2) is 5.58 Å². The maximum absolute atomic E-state index is 6.75. The Balaban J connectivity index is 0.00000129. The molecule has 0 amide bonds. The molecule has 0 aliphatic carbocycles. The fourth-order valence-electron chi connectivity index (χ4n) is 9.28. The predicted octanol–water partition coefficient (Wildman–Crippen LogP) is 15.8. The lowest BCUT2D eigenvalue weighted by Crippen LogP contribution is -2.15. The highest BCUT2D eigenvalue weighted by Gasteiger charge is 2.27. The third-order valence-corrected chi connectivity index (χ3v) is 11.8. The van der Waals surface area contributed by atoms with Crippen LogP contribution in [0.25, 0.3) is 110 Å². The molecule has 0 saturated heterocycles. The molecule has 0 atom stereocenters. The monoisotopic (exact) mass is 762 g/mol. The lowest BCUT2D eigenvalue weighted by Gasteiger charge is -2.24. The van der Waals surface area contributed by atoms with Crippen molar-refractivity contribution in [2.24, 2.45) is 0 Å². The van der Waals surface area contributed by atoms with E-state index in [1.807, 2.05) is 13.0 Å². The zero-order valence-electron chi connectivity index (χ0n) is 33.6. The van der Waals surface area contributed by atoms with Crippen LogP contribution in [0.3, 0.4) is 0 Å². The molecule has 12 rings (SSSR count). The van der Waals surface area contributed by atoms with Gasteiger partial charge in [-0.1, -0.05) is 124 Å². The minimum Gasteiger partial charge on any atom is -0.456 e. The molecule has 0 unspecified atom stereocenters. The van der Waals surface area contributed by atoms with Gasteiger partial charge in [0.05, 0.1) is 27.8 Å². The zero-order chi connectivity index (χ0) is 40.0. The molecule has 284 valence electrons. The molecule has 4 nitrogen and oxygen atoms in total. The van der Waals surface area contributed by atoms with E-state index in [4.69, 9.17) is 8.83 Å². The fraction of sp³-hybridized carbons (Fsp3) is 0.0909. The Morgan fingerprint density at radius 3 is 1.59 bits per heavy atom. The molecule has 4 heterocycles. The minimum atomic E-state index is -0.121. The molecule has 12 aromatic rings. The van der Waals surface area contributed by atoms with Crippen LogP contribution in [0.4, 0.5) is 0 Å². The molecular weight excluding hydrogens is 721 g/mol. The summed E-state index contributed by atoms with van der Waals surface area (Å²) in [7, 11) is 0. The zero-order valence-corrected chi connectivity index (χ0v) is 33.6. The second kappa shape index (κ2) is 13.1. The summed E-state index contributed by atoms with van der Waals surface area (Å²) in [6.07, 6.45) is 1.75. The van der Waals surface area contributed by atoms with Gasteiger partial charge in [-0.25, -0.2) is 0 Å². The molecule has 0 radical (unpaired) electrons. The maximum atomic E-state index is 6.75. The van der Waals surface area contributed by atoms with E-state index in [0.717, 1.165) is 77.4 Å². The number of furan rings is 2. The van der Waals surface area contributed by atoms with E-state index in [-0.39, 0.29) is 5.41 Å². The molecule has 4 aromatic heterocycles. The Hall–Kier alpha value is -7.30. The molecule has 4 heteroatoms. The van der Waals surface area contributed by atoms with E-state index in [9.17, 15) is 0 Å². The first kappa shape index (κ1) is 34.9. The Morgan fingerprint density at radius 1 is 0.441 bits per heavy atom. The molecule has 0 N–H and O–H groups in total. The summed E-state index contributed by atoms with van der Waals surface area (Å²) in [5.41, 5.74) is 13.9. The van der Waals surface area contributed by atoms with Gasteiger partial charge in [0.25, 0.3) is 0 Å². The largest absolute Gasteiger partial charge is 0.456 e. The first-order valence-electron chi connectivity index (χ1n) is 20.3. The summed E-state index contributed by atoms with van der Waals surface area (Å²) in [6.45, 7) is 12.1. The maximum Gasteiger partial charge on any atom is 0.159 e. The van der Waals surface area contributed by atoms with Gasteiger partial charge in [-0.2, -0.15) is 0 Å². The number of hydrogen-bond acceptors (Lipinski definition) is 2. The number of aromatic nitrogens is 2. The van der Waals surface area contributed by atoms with Crippen LogP contribution < -0.4 is 0 Å². The van der Waals surface area contributed by atoms with E-state index in [0.29, 0.717) is 0 Å². The van der Waals surface area contributed by atoms with Gasteiger partial charge in [-0.05, 0) is 95.8 Å². The van der Waals surface area contributed by atoms with E-state index in [2.05, 4.69) is 194 Å². The van der Waals surface area contributed by atoms with Gasteiger partial charge in [0, 0.05) is 48.8 Å². The number of hydrogen-bond donors (Lipinski definition) is 0. The third kappa shape index (κ3) is 5.29. The van der Waals surface area contributed by atoms with Crippen molar-refractivity contribution >= 4 is 87.5 Å². The highest BCUT2D eigenvalue weighted by molar-refractivity contribution is 6.15. The normalized spacial score (nSPS) is 12.1. The van der Waals surface area contributed by atoms with Gasteiger partial charge in [-0.15, -0.1) is 6.58 Å². The molecule has 0 aliphatic heterocycles. The van der Waals surface area contributed by atoms with Crippen molar-refractivity contribution in [3.8, 4) is 22.5 Å². The molecular formula is C55H42N2O2. The smallest absolute Gasteiger partial charge is 0.159 e. The van der Waals surface area contributed by atoms with Crippen molar-refractivity contribution in [3.63, 3.8) is 0 Å². The lowest BCUT2D eigenvalue weighted by molar-refractivity contribution is 0.584. The van der Waals surface area contributed by atoms with Crippen LogP contribution in [0, 0.1) is 0 Å². The van der Waals surface area contributed by atoms with Crippen LogP contribution in [0.2, 0.25) is 0 Å². The highest BCUT2D eigenvalue weighted by atomic mass is 16.3. The van der Waals surface area contributed by atoms with E-state index in [1.54, 1.807) is 6.08 Å².